The standard InChI is InChI=1S/C18H29NO/c1-5-19-18(15-6-8-17(20-4)9-7-15)16-11-13(2)10-14(3)12-16/h6-9,13-14,16,18-19H,5,10-12H2,1-4H3. The SMILES string of the molecule is CCNC(c1ccc(OC)cc1)C1CC(C)CC(C)C1. The van der Waals surface area contributed by atoms with E-state index < -0.39 is 0 Å². The zero-order valence-corrected chi connectivity index (χ0v) is 13.4. The van der Waals surface area contributed by atoms with Crippen molar-refractivity contribution in [2.24, 2.45) is 17.8 Å². The van der Waals surface area contributed by atoms with Crippen LogP contribution < -0.4 is 10.1 Å². The van der Waals surface area contributed by atoms with Crippen LogP contribution >= 0.6 is 0 Å². The summed E-state index contributed by atoms with van der Waals surface area (Å²) in [6.07, 6.45) is 4.07. The fourth-order valence-electron chi connectivity index (χ4n) is 3.87. The highest BCUT2D eigenvalue weighted by molar-refractivity contribution is 5.29. The lowest BCUT2D eigenvalue weighted by Crippen LogP contribution is -2.33. The van der Waals surface area contributed by atoms with E-state index in [2.05, 4.69) is 50.4 Å². The van der Waals surface area contributed by atoms with Crippen LogP contribution in [0, 0.1) is 17.8 Å². The molecule has 1 fully saturated rings. The summed E-state index contributed by atoms with van der Waals surface area (Å²) in [5, 5.41) is 3.71. The second-order valence-corrected chi connectivity index (χ2v) is 6.49. The first kappa shape index (κ1) is 15.4. The van der Waals surface area contributed by atoms with Gasteiger partial charge in [0.1, 0.15) is 5.75 Å². The molecule has 1 aliphatic rings. The molecule has 1 aromatic rings. The second kappa shape index (κ2) is 7.12. The van der Waals surface area contributed by atoms with E-state index in [-0.39, 0.29) is 0 Å². The molecule has 0 spiro atoms. The third-order valence-electron chi connectivity index (χ3n) is 4.59. The fourth-order valence-corrected chi connectivity index (χ4v) is 3.87. The monoisotopic (exact) mass is 275 g/mol. The fraction of sp³-hybridized carbons (Fsp3) is 0.667. The van der Waals surface area contributed by atoms with Crippen LogP contribution in [0.15, 0.2) is 24.3 Å². The molecule has 0 amide bonds. The Balaban J connectivity index is 2.16. The lowest BCUT2D eigenvalue weighted by molar-refractivity contribution is 0.177. The molecule has 0 bridgehead atoms. The van der Waals surface area contributed by atoms with Crippen LogP contribution in [0.3, 0.4) is 0 Å². The van der Waals surface area contributed by atoms with E-state index in [9.17, 15) is 0 Å². The van der Waals surface area contributed by atoms with Crippen molar-refractivity contribution in [2.75, 3.05) is 13.7 Å². The van der Waals surface area contributed by atoms with Crippen molar-refractivity contribution in [1.29, 1.82) is 0 Å². The Kier molecular flexibility index (Phi) is 5.47. The van der Waals surface area contributed by atoms with Gasteiger partial charge in [0.05, 0.1) is 7.11 Å². The highest BCUT2D eigenvalue weighted by Gasteiger charge is 2.30. The lowest BCUT2D eigenvalue weighted by atomic mass is 9.72. The lowest BCUT2D eigenvalue weighted by Gasteiger charge is -2.37. The van der Waals surface area contributed by atoms with Gasteiger partial charge in [0.25, 0.3) is 0 Å². The predicted molar refractivity (Wildman–Crippen MR) is 85.1 cm³/mol. The van der Waals surface area contributed by atoms with E-state index in [1.165, 1.54) is 24.8 Å². The molecule has 1 N–H and O–H groups in total. The largest absolute Gasteiger partial charge is 0.497 e. The topological polar surface area (TPSA) is 21.3 Å². The summed E-state index contributed by atoms with van der Waals surface area (Å²) >= 11 is 0. The Morgan fingerprint density at radius 3 is 2.20 bits per heavy atom. The van der Waals surface area contributed by atoms with E-state index in [4.69, 9.17) is 4.74 Å². The average Bonchev–Trinajstić information content (AvgIpc) is 2.44. The van der Waals surface area contributed by atoms with Gasteiger partial charge in [-0.25, -0.2) is 0 Å². The summed E-state index contributed by atoms with van der Waals surface area (Å²) in [7, 11) is 1.72. The molecule has 1 aromatic carbocycles. The van der Waals surface area contributed by atoms with Crippen molar-refractivity contribution < 1.29 is 4.74 Å². The molecule has 0 saturated heterocycles. The molecule has 1 saturated carbocycles. The number of rotatable bonds is 5. The van der Waals surface area contributed by atoms with Gasteiger partial charge >= 0.3 is 0 Å². The van der Waals surface area contributed by atoms with Crippen LogP contribution in [0.5, 0.6) is 5.75 Å². The highest BCUT2D eigenvalue weighted by atomic mass is 16.5. The zero-order chi connectivity index (χ0) is 14.5. The Morgan fingerprint density at radius 2 is 1.70 bits per heavy atom. The average molecular weight is 275 g/mol. The molecular formula is C18H29NO. The molecular weight excluding hydrogens is 246 g/mol. The van der Waals surface area contributed by atoms with Gasteiger partial charge < -0.3 is 10.1 Å². The first-order valence-electron chi connectivity index (χ1n) is 8.01. The third-order valence-corrected chi connectivity index (χ3v) is 4.59. The van der Waals surface area contributed by atoms with Crippen molar-refractivity contribution in [2.45, 2.75) is 46.1 Å². The van der Waals surface area contributed by atoms with Gasteiger partial charge in [-0.05, 0) is 61.3 Å². The quantitative estimate of drug-likeness (QED) is 0.859. The highest BCUT2D eigenvalue weighted by Crippen LogP contribution is 2.40. The first-order chi connectivity index (χ1) is 9.63. The molecule has 1 aliphatic carbocycles. The van der Waals surface area contributed by atoms with Gasteiger partial charge in [-0.2, -0.15) is 0 Å². The molecule has 2 rings (SSSR count). The normalized spacial score (nSPS) is 28.1. The number of hydrogen-bond acceptors (Lipinski definition) is 2. The van der Waals surface area contributed by atoms with Gasteiger partial charge in [-0.1, -0.05) is 32.9 Å². The van der Waals surface area contributed by atoms with Crippen molar-refractivity contribution in [3.05, 3.63) is 29.8 Å². The molecule has 0 aromatic heterocycles. The van der Waals surface area contributed by atoms with E-state index in [1.54, 1.807) is 7.11 Å². The Morgan fingerprint density at radius 1 is 1.10 bits per heavy atom. The molecule has 2 heteroatoms. The van der Waals surface area contributed by atoms with Gasteiger partial charge in [-0.3, -0.25) is 0 Å². The zero-order valence-electron chi connectivity index (χ0n) is 13.4. The minimum absolute atomic E-state index is 0.483. The molecule has 3 atom stereocenters. The van der Waals surface area contributed by atoms with Gasteiger partial charge in [0.2, 0.25) is 0 Å². The van der Waals surface area contributed by atoms with Crippen LogP contribution in [-0.2, 0) is 0 Å². The minimum atomic E-state index is 0.483. The molecule has 0 heterocycles. The van der Waals surface area contributed by atoms with Crippen LogP contribution in [-0.4, -0.2) is 13.7 Å². The van der Waals surface area contributed by atoms with Gasteiger partial charge in [0.15, 0.2) is 0 Å². The summed E-state index contributed by atoms with van der Waals surface area (Å²) in [4.78, 5) is 0. The Bertz CT molecular complexity index is 390. The summed E-state index contributed by atoms with van der Waals surface area (Å²) in [6.45, 7) is 8.03. The summed E-state index contributed by atoms with van der Waals surface area (Å²) in [5.41, 5.74) is 1.40. The Labute approximate surface area is 123 Å². The molecule has 3 unspecified atom stereocenters. The van der Waals surface area contributed by atoms with Crippen molar-refractivity contribution in [1.82, 2.24) is 5.32 Å². The van der Waals surface area contributed by atoms with E-state index in [0.29, 0.717) is 6.04 Å². The van der Waals surface area contributed by atoms with Gasteiger partial charge in [-0.15, -0.1) is 0 Å². The summed E-state index contributed by atoms with van der Waals surface area (Å²) in [6, 6.07) is 9.08. The van der Waals surface area contributed by atoms with E-state index in [1.807, 2.05) is 0 Å². The van der Waals surface area contributed by atoms with E-state index >= 15 is 0 Å². The van der Waals surface area contributed by atoms with Crippen LogP contribution in [0.1, 0.15) is 51.6 Å². The van der Waals surface area contributed by atoms with E-state index in [0.717, 1.165) is 30.0 Å². The van der Waals surface area contributed by atoms with Crippen molar-refractivity contribution >= 4 is 0 Å². The molecule has 0 radical (unpaired) electrons. The van der Waals surface area contributed by atoms with Crippen molar-refractivity contribution in [3.8, 4) is 5.75 Å². The maximum Gasteiger partial charge on any atom is 0.118 e. The third kappa shape index (κ3) is 3.76. The number of nitrogens with one attached hydrogen (secondary N) is 1. The van der Waals surface area contributed by atoms with Crippen LogP contribution in [0.25, 0.3) is 0 Å². The van der Waals surface area contributed by atoms with Crippen molar-refractivity contribution in [3.63, 3.8) is 0 Å². The molecule has 20 heavy (non-hydrogen) atoms. The molecule has 0 aliphatic heterocycles. The maximum atomic E-state index is 5.27. The minimum Gasteiger partial charge on any atom is -0.497 e. The maximum absolute atomic E-state index is 5.27. The number of benzene rings is 1. The molecule has 112 valence electrons. The van der Waals surface area contributed by atoms with Crippen LogP contribution in [0.2, 0.25) is 0 Å². The second-order valence-electron chi connectivity index (χ2n) is 6.49. The summed E-state index contributed by atoms with van der Waals surface area (Å²) < 4.78 is 5.27. The first-order valence-corrected chi connectivity index (χ1v) is 8.01. The predicted octanol–water partition coefficient (Wildman–Crippen LogP) is 4.42. The number of ether oxygens (including phenoxy) is 1. The number of methoxy groups -OCH3 is 1. The van der Waals surface area contributed by atoms with Crippen LogP contribution in [0.4, 0.5) is 0 Å². The van der Waals surface area contributed by atoms with Gasteiger partial charge in [0, 0.05) is 6.04 Å². The number of hydrogen-bond donors (Lipinski definition) is 1. The summed E-state index contributed by atoms with van der Waals surface area (Å²) in [5.74, 6) is 3.39. The molecule has 2 nitrogen and oxygen atoms in total. The Hall–Kier alpha value is -1.02. The smallest absolute Gasteiger partial charge is 0.118 e.